The lowest BCUT2D eigenvalue weighted by Gasteiger charge is -2.26. The molecule has 4 aromatic rings. The fourth-order valence-corrected chi connectivity index (χ4v) is 3.77. The highest BCUT2D eigenvalue weighted by atomic mass is 19.1. The van der Waals surface area contributed by atoms with E-state index in [1.54, 1.807) is 52.0 Å². The number of anilines is 3. The number of hydrogen-bond donors (Lipinski definition) is 2. The maximum absolute atomic E-state index is 14.5. The first-order chi connectivity index (χ1) is 18.0. The lowest BCUT2D eigenvalue weighted by atomic mass is 10.1. The predicted molar refractivity (Wildman–Crippen MR) is 135 cm³/mol. The predicted octanol–water partition coefficient (Wildman–Crippen LogP) is 4.00. The summed E-state index contributed by atoms with van der Waals surface area (Å²) in [6.07, 6.45) is 2.82. The van der Waals surface area contributed by atoms with Gasteiger partial charge in [0.2, 0.25) is 17.7 Å². The SMILES string of the molecule is C=CC(=O)Nc1ccc(F)c(Oc2nc(Nc3ccc(C(=O)N4CCOCC4)cc3)nn3cccc23)c1. The van der Waals surface area contributed by atoms with Crippen LogP contribution in [0.15, 0.2) is 73.4 Å². The zero-order valence-electron chi connectivity index (χ0n) is 19.7. The third kappa shape index (κ3) is 5.41. The fourth-order valence-electron chi connectivity index (χ4n) is 3.77. The molecule has 0 radical (unpaired) electrons. The molecule has 0 spiro atoms. The number of halogens is 1. The molecular formula is C26H23FN6O4. The van der Waals surface area contributed by atoms with Crippen molar-refractivity contribution < 1.29 is 23.5 Å². The Labute approximate surface area is 211 Å². The van der Waals surface area contributed by atoms with E-state index in [0.717, 1.165) is 6.08 Å². The van der Waals surface area contributed by atoms with Crippen LogP contribution in [0.1, 0.15) is 10.4 Å². The first-order valence-electron chi connectivity index (χ1n) is 11.5. The number of nitrogens with zero attached hydrogens (tertiary/aromatic N) is 4. The molecule has 188 valence electrons. The van der Waals surface area contributed by atoms with Gasteiger partial charge < -0.3 is 25.0 Å². The molecule has 10 nitrogen and oxygen atoms in total. The van der Waals surface area contributed by atoms with E-state index in [9.17, 15) is 14.0 Å². The number of aromatic nitrogens is 3. The van der Waals surface area contributed by atoms with Crippen LogP contribution < -0.4 is 15.4 Å². The largest absolute Gasteiger partial charge is 0.434 e. The molecule has 2 aromatic carbocycles. The number of carbonyl (C=O) groups is 2. The second-order valence-corrected chi connectivity index (χ2v) is 8.13. The molecular weight excluding hydrogens is 479 g/mol. The van der Waals surface area contributed by atoms with Gasteiger partial charge in [0, 0.05) is 42.3 Å². The summed E-state index contributed by atoms with van der Waals surface area (Å²) in [6.45, 7) is 5.60. The normalized spacial score (nSPS) is 13.3. The van der Waals surface area contributed by atoms with Gasteiger partial charge in [0.15, 0.2) is 11.6 Å². The molecule has 1 fully saturated rings. The molecule has 2 aromatic heterocycles. The van der Waals surface area contributed by atoms with Crippen molar-refractivity contribution in [3.05, 3.63) is 84.8 Å². The average molecular weight is 503 g/mol. The number of morpholine rings is 1. The molecule has 1 aliphatic heterocycles. The summed E-state index contributed by atoms with van der Waals surface area (Å²) in [6, 6.07) is 14.4. The first-order valence-corrected chi connectivity index (χ1v) is 11.5. The van der Waals surface area contributed by atoms with Crippen LogP contribution in [0, 0.1) is 5.82 Å². The summed E-state index contributed by atoms with van der Waals surface area (Å²) in [7, 11) is 0. The first kappa shape index (κ1) is 23.9. The smallest absolute Gasteiger partial charge is 0.254 e. The Bertz CT molecular complexity index is 1460. The van der Waals surface area contributed by atoms with E-state index >= 15 is 0 Å². The Balaban J connectivity index is 1.37. The fraction of sp³-hybridized carbons (Fsp3) is 0.154. The quantitative estimate of drug-likeness (QED) is 0.368. The summed E-state index contributed by atoms with van der Waals surface area (Å²) in [4.78, 5) is 30.5. The summed E-state index contributed by atoms with van der Waals surface area (Å²) < 4.78 is 27.2. The van der Waals surface area contributed by atoms with Crippen molar-refractivity contribution in [2.24, 2.45) is 0 Å². The number of rotatable bonds is 7. The van der Waals surface area contributed by atoms with Gasteiger partial charge >= 0.3 is 0 Å². The summed E-state index contributed by atoms with van der Waals surface area (Å²) in [5.74, 6) is -0.937. The molecule has 37 heavy (non-hydrogen) atoms. The van der Waals surface area contributed by atoms with E-state index in [1.807, 2.05) is 0 Å². The van der Waals surface area contributed by atoms with Crippen molar-refractivity contribution in [1.82, 2.24) is 19.5 Å². The Morgan fingerprint density at radius 1 is 1.08 bits per heavy atom. The number of benzene rings is 2. The van der Waals surface area contributed by atoms with Crippen molar-refractivity contribution in [2.45, 2.75) is 0 Å². The van der Waals surface area contributed by atoms with Crippen LogP contribution in [0.25, 0.3) is 5.52 Å². The van der Waals surface area contributed by atoms with Crippen LogP contribution >= 0.6 is 0 Å². The topological polar surface area (TPSA) is 110 Å². The lowest BCUT2D eigenvalue weighted by Crippen LogP contribution is -2.40. The maximum atomic E-state index is 14.5. The van der Waals surface area contributed by atoms with Gasteiger partial charge in [0.05, 0.1) is 13.2 Å². The number of amides is 2. The van der Waals surface area contributed by atoms with E-state index in [1.165, 1.54) is 18.2 Å². The average Bonchev–Trinajstić information content (AvgIpc) is 3.40. The van der Waals surface area contributed by atoms with Gasteiger partial charge in [-0.1, -0.05) is 6.58 Å². The molecule has 1 saturated heterocycles. The summed E-state index contributed by atoms with van der Waals surface area (Å²) in [5, 5.41) is 10.1. The van der Waals surface area contributed by atoms with E-state index in [4.69, 9.17) is 9.47 Å². The van der Waals surface area contributed by atoms with Gasteiger partial charge in [0.25, 0.3) is 5.91 Å². The van der Waals surface area contributed by atoms with Crippen LogP contribution in [-0.2, 0) is 9.53 Å². The number of hydrogen-bond acceptors (Lipinski definition) is 7. The van der Waals surface area contributed by atoms with E-state index < -0.39 is 11.7 Å². The Hall–Kier alpha value is -4.77. The molecule has 11 heteroatoms. The third-order valence-corrected chi connectivity index (χ3v) is 5.63. The van der Waals surface area contributed by atoms with E-state index in [0.29, 0.717) is 48.8 Å². The van der Waals surface area contributed by atoms with Crippen LogP contribution in [0.5, 0.6) is 11.6 Å². The second-order valence-electron chi connectivity index (χ2n) is 8.13. The van der Waals surface area contributed by atoms with Crippen LogP contribution in [0.2, 0.25) is 0 Å². The molecule has 0 bridgehead atoms. The zero-order valence-corrected chi connectivity index (χ0v) is 19.7. The second kappa shape index (κ2) is 10.5. The third-order valence-electron chi connectivity index (χ3n) is 5.63. The van der Waals surface area contributed by atoms with Gasteiger partial charge in [-0.2, -0.15) is 4.98 Å². The Kier molecular flexibility index (Phi) is 6.77. The zero-order chi connectivity index (χ0) is 25.8. The molecule has 0 atom stereocenters. The summed E-state index contributed by atoms with van der Waals surface area (Å²) in [5.41, 5.74) is 2.07. The van der Waals surface area contributed by atoms with E-state index in [-0.39, 0.29) is 23.5 Å². The van der Waals surface area contributed by atoms with E-state index in [2.05, 4.69) is 27.3 Å². The van der Waals surface area contributed by atoms with Gasteiger partial charge in [-0.05, 0) is 54.6 Å². The Morgan fingerprint density at radius 2 is 1.84 bits per heavy atom. The molecule has 0 unspecified atom stereocenters. The van der Waals surface area contributed by atoms with Crippen molar-refractivity contribution in [1.29, 1.82) is 0 Å². The highest BCUT2D eigenvalue weighted by Crippen LogP contribution is 2.30. The number of ether oxygens (including phenoxy) is 2. The minimum absolute atomic E-state index is 0.0518. The molecule has 2 N–H and O–H groups in total. The molecule has 3 heterocycles. The highest BCUT2D eigenvalue weighted by Gasteiger charge is 2.19. The minimum atomic E-state index is -0.630. The van der Waals surface area contributed by atoms with Crippen LogP contribution in [0.4, 0.5) is 21.7 Å². The molecule has 0 saturated carbocycles. The maximum Gasteiger partial charge on any atom is 0.254 e. The van der Waals surface area contributed by atoms with Crippen molar-refractivity contribution in [3.63, 3.8) is 0 Å². The number of fused-ring (bicyclic) bond motifs is 1. The van der Waals surface area contributed by atoms with Gasteiger partial charge in [-0.25, -0.2) is 8.91 Å². The van der Waals surface area contributed by atoms with Crippen molar-refractivity contribution >= 4 is 34.7 Å². The molecule has 1 aliphatic rings. The van der Waals surface area contributed by atoms with Gasteiger partial charge in [-0.3, -0.25) is 9.59 Å². The van der Waals surface area contributed by atoms with Gasteiger partial charge in [0.1, 0.15) is 5.52 Å². The minimum Gasteiger partial charge on any atom is -0.434 e. The lowest BCUT2D eigenvalue weighted by molar-refractivity contribution is -0.111. The van der Waals surface area contributed by atoms with Crippen LogP contribution in [-0.4, -0.2) is 57.6 Å². The van der Waals surface area contributed by atoms with Gasteiger partial charge in [-0.15, -0.1) is 5.10 Å². The van der Waals surface area contributed by atoms with Crippen molar-refractivity contribution in [3.8, 4) is 11.6 Å². The molecule has 2 amide bonds. The van der Waals surface area contributed by atoms with Crippen molar-refractivity contribution in [2.75, 3.05) is 36.9 Å². The molecule has 0 aliphatic carbocycles. The number of carbonyl (C=O) groups excluding carboxylic acids is 2. The highest BCUT2D eigenvalue weighted by molar-refractivity contribution is 5.99. The molecule has 5 rings (SSSR count). The monoisotopic (exact) mass is 502 g/mol. The standard InChI is InChI=1S/C26H23FN6O4/c1-2-23(34)28-19-9-10-20(27)22(16-19)37-24-21-4-3-11-33(21)31-26(30-24)29-18-7-5-17(6-8-18)25(35)32-12-14-36-15-13-32/h2-11,16H,1,12-15H2,(H,28,34)(H,29,31). The summed E-state index contributed by atoms with van der Waals surface area (Å²) >= 11 is 0. The van der Waals surface area contributed by atoms with Crippen LogP contribution in [0.3, 0.4) is 0 Å². The number of nitrogens with one attached hydrogen (secondary N) is 2. The Morgan fingerprint density at radius 3 is 2.59 bits per heavy atom.